The smallest absolute Gasteiger partial charge is 0.0233 e. The van der Waals surface area contributed by atoms with Crippen molar-refractivity contribution < 1.29 is 0 Å². The van der Waals surface area contributed by atoms with Crippen molar-refractivity contribution in [2.45, 2.75) is 132 Å². The fourth-order valence-electron chi connectivity index (χ4n) is 10.5. The Balaban J connectivity index is 1.78. The van der Waals surface area contributed by atoms with Crippen molar-refractivity contribution in [3.05, 3.63) is 0 Å². The third-order valence-corrected chi connectivity index (χ3v) is 12.4. The lowest BCUT2D eigenvalue weighted by Gasteiger charge is -2.70. The van der Waals surface area contributed by atoms with Crippen LogP contribution in [0.1, 0.15) is 132 Å². The van der Waals surface area contributed by atoms with Crippen molar-refractivity contribution in [2.24, 2.45) is 51.2 Å². The molecular formula is C29H52. The van der Waals surface area contributed by atoms with Crippen molar-refractivity contribution in [1.82, 2.24) is 0 Å². The van der Waals surface area contributed by atoms with Crippen molar-refractivity contribution >= 4 is 0 Å². The first kappa shape index (κ1) is 22.2. The fraction of sp³-hybridized carbons (Fsp3) is 1.00. The van der Waals surface area contributed by atoms with Crippen molar-refractivity contribution in [1.29, 1.82) is 0 Å². The molecule has 0 saturated heterocycles. The minimum atomic E-state index is 0.567. The van der Waals surface area contributed by atoms with Gasteiger partial charge in [-0.15, -0.1) is 0 Å². The van der Waals surface area contributed by atoms with Gasteiger partial charge >= 0.3 is 0 Å². The van der Waals surface area contributed by atoms with Crippen LogP contribution in [-0.4, -0.2) is 0 Å². The summed E-state index contributed by atoms with van der Waals surface area (Å²) in [6.07, 6.45) is 19.4. The minimum Gasteiger partial charge on any atom is -0.0654 e. The lowest BCUT2D eigenvalue weighted by molar-refractivity contribution is -0.212. The molecule has 0 heteroatoms. The van der Waals surface area contributed by atoms with E-state index in [-0.39, 0.29) is 0 Å². The van der Waals surface area contributed by atoms with E-state index >= 15 is 0 Å². The molecule has 0 bridgehead atoms. The van der Waals surface area contributed by atoms with Crippen LogP contribution in [0.3, 0.4) is 0 Å². The fourth-order valence-corrected chi connectivity index (χ4v) is 10.5. The molecule has 0 radical (unpaired) electrons. The molecule has 4 saturated carbocycles. The van der Waals surface area contributed by atoms with Crippen LogP contribution in [0.4, 0.5) is 0 Å². The first-order chi connectivity index (χ1) is 13.7. The van der Waals surface area contributed by atoms with Gasteiger partial charge in [0, 0.05) is 0 Å². The Hall–Kier alpha value is 0. The summed E-state index contributed by atoms with van der Waals surface area (Å²) in [6, 6.07) is 0. The predicted molar refractivity (Wildman–Crippen MR) is 127 cm³/mol. The molecule has 0 heterocycles. The summed E-state index contributed by atoms with van der Waals surface area (Å²) < 4.78 is 0. The van der Waals surface area contributed by atoms with E-state index in [2.05, 4.69) is 48.5 Å². The molecule has 4 rings (SSSR count). The molecule has 0 spiro atoms. The van der Waals surface area contributed by atoms with Gasteiger partial charge in [-0.1, -0.05) is 80.6 Å². The highest BCUT2D eigenvalue weighted by Gasteiger charge is 2.69. The number of rotatable bonds is 5. The van der Waals surface area contributed by atoms with Crippen molar-refractivity contribution in [3.8, 4) is 0 Å². The molecular weight excluding hydrogens is 348 g/mol. The van der Waals surface area contributed by atoms with E-state index < -0.39 is 0 Å². The molecule has 29 heavy (non-hydrogen) atoms. The van der Waals surface area contributed by atoms with Crippen LogP contribution < -0.4 is 0 Å². The Kier molecular flexibility index (Phi) is 5.78. The Morgan fingerprint density at radius 2 is 1.59 bits per heavy atom. The molecule has 0 N–H and O–H groups in total. The van der Waals surface area contributed by atoms with Gasteiger partial charge in [0.15, 0.2) is 0 Å². The largest absolute Gasteiger partial charge is 0.0654 e. The van der Waals surface area contributed by atoms with Crippen molar-refractivity contribution in [2.75, 3.05) is 0 Å². The van der Waals surface area contributed by atoms with Crippen LogP contribution in [0.5, 0.6) is 0 Å². The first-order valence-electron chi connectivity index (χ1n) is 13.7. The average Bonchev–Trinajstić information content (AvgIpc) is 2.97. The Morgan fingerprint density at radius 1 is 0.862 bits per heavy atom. The van der Waals surface area contributed by atoms with E-state index in [1.807, 2.05) is 0 Å². The quantitative estimate of drug-likeness (QED) is 0.431. The van der Waals surface area contributed by atoms with E-state index in [0.29, 0.717) is 21.7 Å². The Morgan fingerprint density at radius 3 is 2.28 bits per heavy atom. The molecule has 0 aromatic rings. The molecule has 0 aliphatic heterocycles. The van der Waals surface area contributed by atoms with Gasteiger partial charge in [-0.25, -0.2) is 0 Å². The minimum absolute atomic E-state index is 0.567. The maximum atomic E-state index is 2.81. The van der Waals surface area contributed by atoms with E-state index in [9.17, 15) is 0 Å². The highest BCUT2D eigenvalue weighted by molar-refractivity contribution is 5.18. The van der Waals surface area contributed by atoms with Gasteiger partial charge in [0.2, 0.25) is 0 Å². The third-order valence-electron chi connectivity index (χ3n) is 12.4. The van der Waals surface area contributed by atoms with Crippen molar-refractivity contribution in [3.63, 3.8) is 0 Å². The van der Waals surface area contributed by atoms with E-state index in [0.717, 1.165) is 29.6 Å². The zero-order valence-corrected chi connectivity index (χ0v) is 21.1. The summed E-state index contributed by atoms with van der Waals surface area (Å²) in [5.41, 5.74) is 2.38. The molecule has 0 amide bonds. The topological polar surface area (TPSA) is 0 Å². The SMILES string of the molecule is CCCCC1(C)CC2CCCCC2(C)C2CCC3(C)C(C(C)CC)CCC3(C)C21. The second kappa shape index (κ2) is 7.55. The zero-order valence-electron chi connectivity index (χ0n) is 21.1. The number of hydrogen-bond acceptors (Lipinski definition) is 0. The molecule has 4 aliphatic carbocycles. The lowest BCUT2D eigenvalue weighted by Crippen LogP contribution is -2.63. The van der Waals surface area contributed by atoms with Gasteiger partial charge in [-0.2, -0.15) is 0 Å². The molecule has 9 unspecified atom stereocenters. The molecule has 0 nitrogen and oxygen atoms in total. The van der Waals surface area contributed by atoms with Crippen LogP contribution in [0.25, 0.3) is 0 Å². The number of fused-ring (bicyclic) bond motifs is 5. The second-order valence-corrected chi connectivity index (χ2v) is 13.4. The molecule has 0 aromatic carbocycles. The number of hydrogen-bond donors (Lipinski definition) is 0. The monoisotopic (exact) mass is 400 g/mol. The Bertz CT molecular complexity index is 593. The van der Waals surface area contributed by atoms with Crippen LogP contribution in [0, 0.1) is 51.2 Å². The van der Waals surface area contributed by atoms with E-state index in [4.69, 9.17) is 0 Å². The van der Waals surface area contributed by atoms with Gasteiger partial charge in [-0.05, 0) is 103 Å². The Labute approximate surface area is 183 Å². The molecule has 0 aromatic heterocycles. The lowest BCUT2D eigenvalue weighted by atomic mass is 9.35. The highest BCUT2D eigenvalue weighted by atomic mass is 14.7. The maximum absolute atomic E-state index is 2.81. The van der Waals surface area contributed by atoms with Gasteiger partial charge in [0.25, 0.3) is 0 Å². The van der Waals surface area contributed by atoms with Crippen LogP contribution in [0.15, 0.2) is 0 Å². The van der Waals surface area contributed by atoms with Gasteiger partial charge < -0.3 is 0 Å². The van der Waals surface area contributed by atoms with E-state index in [1.54, 1.807) is 12.8 Å². The third kappa shape index (κ3) is 3.03. The highest BCUT2D eigenvalue weighted by Crippen LogP contribution is 2.77. The summed E-state index contributed by atoms with van der Waals surface area (Å²) in [6.45, 7) is 18.5. The molecule has 9 atom stereocenters. The van der Waals surface area contributed by atoms with Crippen LogP contribution >= 0.6 is 0 Å². The normalized spacial score (nSPS) is 53.1. The maximum Gasteiger partial charge on any atom is -0.0233 e. The summed E-state index contributed by atoms with van der Waals surface area (Å²) in [7, 11) is 0. The zero-order chi connectivity index (χ0) is 21.1. The van der Waals surface area contributed by atoms with Crippen LogP contribution in [0.2, 0.25) is 0 Å². The second-order valence-electron chi connectivity index (χ2n) is 13.4. The summed E-state index contributed by atoms with van der Waals surface area (Å²) in [4.78, 5) is 0. The standard InChI is InChI=1S/C29H52/c1-8-10-16-26(4)20-22-13-11-12-17-27(22,5)24-15-18-28(6)23(21(3)9-2)14-19-29(28,7)25(24)26/h21-25H,8-20H2,1-7H3. The van der Waals surface area contributed by atoms with Gasteiger partial charge in [-0.3, -0.25) is 0 Å². The molecule has 4 aliphatic rings. The molecule has 168 valence electrons. The van der Waals surface area contributed by atoms with E-state index in [1.165, 1.54) is 70.6 Å². The molecule has 4 fully saturated rings. The van der Waals surface area contributed by atoms with Gasteiger partial charge in [0.05, 0.1) is 0 Å². The summed E-state index contributed by atoms with van der Waals surface area (Å²) in [5, 5.41) is 0. The summed E-state index contributed by atoms with van der Waals surface area (Å²) >= 11 is 0. The summed E-state index contributed by atoms with van der Waals surface area (Å²) in [5.74, 6) is 4.84. The predicted octanol–water partition coefficient (Wildman–Crippen LogP) is 9.28. The van der Waals surface area contributed by atoms with Gasteiger partial charge in [0.1, 0.15) is 0 Å². The number of unbranched alkanes of at least 4 members (excludes halogenated alkanes) is 1. The average molecular weight is 401 g/mol. The van der Waals surface area contributed by atoms with Crippen LogP contribution in [-0.2, 0) is 0 Å². The first-order valence-corrected chi connectivity index (χ1v) is 13.7.